The Kier molecular flexibility index (Phi) is 6.49. The molecular weight excluding hydrogens is 416 g/mol. The second-order valence-electron chi connectivity index (χ2n) is 9.21. The van der Waals surface area contributed by atoms with Gasteiger partial charge >= 0.3 is 0 Å². The van der Waals surface area contributed by atoms with Crippen LogP contribution < -0.4 is 0 Å². The molecular formula is C32H28O2. The molecule has 4 aromatic carbocycles. The number of rotatable bonds is 6. The molecule has 1 fully saturated rings. The van der Waals surface area contributed by atoms with Gasteiger partial charge in [0.05, 0.1) is 0 Å². The normalized spacial score (nSPS) is 17.8. The first-order valence-corrected chi connectivity index (χ1v) is 12.1. The van der Waals surface area contributed by atoms with Crippen LogP contribution in [-0.2, 0) is 0 Å². The van der Waals surface area contributed by atoms with Gasteiger partial charge in [0.15, 0.2) is 0 Å². The summed E-state index contributed by atoms with van der Waals surface area (Å²) in [5.74, 6) is 0.835. The third-order valence-electron chi connectivity index (χ3n) is 7.20. The van der Waals surface area contributed by atoms with E-state index in [1.54, 1.807) is 0 Å². The van der Waals surface area contributed by atoms with E-state index >= 15 is 0 Å². The maximum absolute atomic E-state index is 11.5. The van der Waals surface area contributed by atoms with Crippen molar-refractivity contribution in [3.05, 3.63) is 119 Å². The van der Waals surface area contributed by atoms with Crippen LogP contribution in [0.5, 0.6) is 0 Å². The number of carbonyl (C=O) groups excluding carboxylic acids is 2. The van der Waals surface area contributed by atoms with Crippen molar-refractivity contribution in [2.75, 3.05) is 0 Å². The second kappa shape index (κ2) is 10.0. The summed E-state index contributed by atoms with van der Waals surface area (Å²) < 4.78 is 0. The van der Waals surface area contributed by atoms with Crippen LogP contribution in [0, 0.1) is 0 Å². The molecule has 0 aromatic heterocycles. The summed E-state index contributed by atoms with van der Waals surface area (Å²) in [6, 6.07) is 33.1. The van der Waals surface area contributed by atoms with Crippen molar-refractivity contribution in [1.82, 2.24) is 0 Å². The van der Waals surface area contributed by atoms with Gasteiger partial charge in [-0.1, -0.05) is 84.9 Å². The molecule has 0 aliphatic heterocycles. The van der Waals surface area contributed by atoms with Crippen molar-refractivity contribution < 1.29 is 9.59 Å². The van der Waals surface area contributed by atoms with Crippen LogP contribution in [0.2, 0.25) is 0 Å². The molecule has 1 aliphatic carbocycles. The molecule has 0 spiro atoms. The van der Waals surface area contributed by atoms with Gasteiger partial charge in [0.25, 0.3) is 0 Å². The van der Waals surface area contributed by atoms with E-state index in [0.29, 0.717) is 11.8 Å². The van der Waals surface area contributed by atoms with E-state index < -0.39 is 0 Å². The molecule has 0 atom stereocenters. The maximum atomic E-state index is 11.5. The molecule has 0 heterocycles. The van der Waals surface area contributed by atoms with E-state index in [1.165, 1.54) is 33.4 Å². The zero-order valence-electron chi connectivity index (χ0n) is 19.2. The summed E-state index contributed by atoms with van der Waals surface area (Å²) in [6.07, 6.45) is 6.14. The van der Waals surface area contributed by atoms with Gasteiger partial charge in [-0.3, -0.25) is 9.59 Å². The molecule has 0 amide bonds. The summed E-state index contributed by atoms with van der Waals surface area (Å²) >= 11 is 0. The molecule has 168 valence electrons. The number of hydrogen-bond donors (Lipinski definition) is 0. The summed E-state index contributed by atoms with van der Waals surface area (Å²) in [5, 5.41) is 0. The second-order valence-corrected chi connectivity index (χ2v) is 9.21. The molecule has 5 rings (SSSR count). The average molecular weight is 445 g/mol. The fourth-order valence-corrected chi connectivity index (χ4v) is 5.46. The van der Waals surface area contributed by atoms with Crippen molar-refractivity contribution >= 4 is 12.6 Å². The monoisotopic (exact) mass is 444 g/mol. The molecule has 0 radical (unpaired) electrons. The highest BCUT2D eigenvalue weighted by Crippen LogP contribution is 2.45. The lowest BCUT2D eigenvalue weighted by molar-refractivity contribution is 0.111. The van der Waals surface area contributed by atoms with Crippen LogP contribution in [0.4, 0.5) is 0 Å². The van der Waals surface area contributed by atoms with E-state index in [1.807, 2.05) is 24.3 Å². The first kappa shape index (κ1) is 22.0. The topological polar surface area (TPSA) is 34.1 Å². The molecule has 34 heavy (non-hydrogen) atoms. The number of hydrogen-bond acceptors (Lipinski definition) is 2. The lowest BCUT2D eigenvalue weighted by Crippen LogP contribution is -2.14. The van der Waals surface area contributed by atoms with E-state index in [-0.39, 0.29) is 0 Å². The lowest BCUT2D eigenvalue weighted by Gasteiger charge is -2.32. The molecule has 2 nitrogen and oxygen atoms in total. The average Bonchev–Trinajstić information content (AvgIpc) is 2.93. The molecule has 0 unspecified atom stereocenters. The third kappa shape index (κ3) is 4.49. The van der Waals surface area contributed by atoms with Crippen LogP contribution in [0.1, 0.15) is 69.4 Å². The third-order valence-corrected chi connectivity index (χ3v) is 7.20. The fraction of sp³-hybridized carbons (Fsp3) is 0.188. The van der Waals surface area contributed by atoms with Crippen LogP contribution in [-0.4, -0.2) is 12.6 Å². The van der Waals surface area contributed by atoms with Crippen LogP contribution in [0.15, 0.2) is 97.1 Å². The molecule has 0 N–H and O–H groups in total. The first-order chi connectivity index (χ1) is 16.8. The summed E-state index contributed by atoms with van der Waals surface area (Å²) in [6.45, 7) is 0. The minimum absolute atomic E-state index is 0.417. The van der Waals surface area contributed by atoms with Gasteiger partial charge in [0.2, 0.25) is 0 Å². The van der Waals surface area contributed by atoms with Gasteiger partial charge in [-0.05, 0) is 83.0 Å². The van der Waals surface area contributed by atoms with Gasteiger partial charge in [-0.2, -0.15) is 0 Å². The zero-order chi connectivity index (χ0) is 23.3. The zero-order valence-corrected chi connectivity index (χ0v) is 19.2. The van der Waals surface area contributed by atoms with Gasteiger partial charge < -0.3 is 0 Å². The van der Waals surface area contributed by atoms with E-state index in [4.69, 9.17) is 0 Å². The largest absolute Gasteiger partial charge is 0.298 e. The molecule has 2 heteroatoms. The molecule has 1 aliphatic rings. The highest BCUT2D eigenvalue weighted by Gasteiger charge is 2.27. The summed E-state index contributed by atoms with van der Waals surface area (Å²) in [7, 11) is 0. The first-order valence-electron chi connectivity index (χ1n) is 12.1. The fourth-order valence-electron chi connectivity index (χ4n) is 5.46. The highest BCUT2D eigenvalue weighted by atomic mass is 16.1. The number of benzene rings is 4. The maximum Gasteiger partial charge on any atom is 0.150 e. The molecule has 1 saturated carbocycles. The van der Waals surface area contributed by atoms with Gasteiger partial charge in [0, 0.05) is 11.1 Å². The molecule has 0 saturated heterocycles. The van der Waals surface area contributed by atoms with Crippen molar-refractivity contribution in [3.8, 4) is 22.3 Å². The minimum atomic E-state index is 0.417. The Balaban J connectivity index is 1.44. The van der Waals surface area contributed by atoms with Crippen molar-refractivity contribution in [2.24, 2.45) is 0 Å². The lowest BCUT2D eigenvalue weighted by atomic mass is 9.73. The standard InChI is InChI=1S/C32H28O2/c33-21-23-11-17-29(25-7-3-1-4-8-25)31(19-23)27-13-15-28(16-14-27)32-20-24(22-34)12-18-30(32)26-9-5-2-6-10-26/h1-12,17-22,27-28H,13-16H2. The van der Waals surface area contributed by atoms with Crippen LogP contribution >= 0.6 is 0 Å². The molecule has 0 bridgehead atoms. The van der Waals surface area contributed by atoms with Crippen LogP contribution in [0.25, 0.3) is 22.3 Å². The Morgan fingerprint density at radius 3 is 1.24 bits per heavy atom. The highest BCUT2D eigenvalue weighted by molar-refractivity contribution is 5.80. The summed E-state index contributed by atoms with van der Waals surface area (Å²) in [4.78, 5) is 23.1. The Bertz CT molecular complexity index is 1180. The Labute approximate surface area is 201 Å². The van der Waals surface area contributed by atoms with Gasteiger partial charge in [0.1, 0.15) is 12.6 Å². The van der Waals surface area contributed by atoms with Crippen molar-refractivity contribution in [2.45, 2.75) is 37.5 Å². The van der Waals surface area contributed by atoms with Crippen molar-refractivity contribution in [1.29, 1.82) is 0 Å². The van der Waals surface area contributed by atoms with Gasteiger partial charge in [-0.25, -0.2) is 0 Å². The molecule has 4 aromatic rings. The van der Waals surface area contributed by atoms with E-state index in [2.05, 4.69) is 72.8 Å². The van der Waals surface area contributed by atoms with Crippen LogP contribution in [0.3, 0.4) is 0 Å². The predicted molar refractivity (Wildman–Crippen MR) is 138 cm³/mol. The SMILES string of the molecule is O=Cc1ccc(-c2ccccc2)c(C2CCC(c3cc(C=O)ccc3-c3ccccc3)CC2)c1. The Hall–Kier alpha value is -3.78. The summed E-state index contributed by atoms with van der Waals surface area (Å²) in [5.41, 5.74) is 8.87. The predicted octanol–water partition coefficient (Wildman–Crippen LogP) is 8.09. The van der Waals surface area contributed by atoms with E-state index in [9.17, 15) is 9.59 Å². The van der Waals surface area contributed by atoms with Gasteiger partial charge in [-0.15, -0.1) is 0 Å². The van der Waals surface area contributed by atoms with Crippen molar-refractivity contribution in [3.63, 3.8) is 0 Å². The number of carbonyl (C=O) groups is 2. The number of aldehydes is 2. The minimum Gasteiger partial charge on any atom is -0.298 e. The quantitative estimate of drug-likeness (QED) is 0.282. The Morgan fingerprint density at radius 1 is 0.500 bits per heavy atom. The van der Waals surface area contributed by atoms with E-state index in [0.717, 1.165) is 49.4 Å². The smallest absolute Gasteiger partial charge is 0.150 e. The Morgan fingerprint density at radius 2 is 0.882 bits per heavy atom.